The molecule has 1 heterocycles. The summed E-state index contributed by atoms with van der Waals surface area (Å²) in [6, 6.07) is 3.44. The van der Waals surface area contributed by atoms with E-state index in [1.54, 1.807) is 26.2 Å². The van der Waals surface area contributed by atoms with Crippen LogP contribution in [0.5, 0.6) is 0 Å². The van der Waals surface area contributed by atoms with Crippen molar-refractivity contribution in [1.82, 2.24) is 9.88 Å². The molecule has 5 heteroatoms. The van der Waals surface area contributed by atoms with E-state index in [0.717, 1.165) is 11.4 Å². The van der Waals surface area contributed by atoms with Crippen molar-refractivity contribution in [3.8, 4) is 0 Å². The summed E-state index contributed by atoms with van der Waals surface area (Å²) < 4.78 is 0. The Morgan fingerprint density at radius 1 is 1.33 bits per heavy atom. The van der Waals surface area contributed by atoms with Crippen molar-refractivity contribution in [2.45, 2.75) is 18.4 Å². The van der Waals surface area contributed by atoms with E-state index in [2.05, 4.69) is 25.1 Å². The second-order valence-corrected chi connectivity index (χ2v) is 5.24. The molecule has 4 nitrogen and oxygen atoms in total. The number of hydrogen-bond acceptors (Lipinski definition) is 4. The third kappa shape index (κ3) is 8.09. The molecular formula is C16H22N2O2S. The van der Waals surface area contributed by atoms with Crippen LogP contribution < -0.4 is 0 Å². The first-order valence-electron chi connectivity index (χ1n) is 6.52. The number of carbonyl (C=O) groups is 2. The Labute approximate surface area is 130 Å². The number of amides is 1. The van der Waals surface area contributed by atoms with Crippen molar-refractivity contribution in [1.29, 1.82) is 0 Å². The highest BCUT2D eigenvalue weighted by atomic mass is 32.2. The molecule has 0 N–H and O–H groups in total. The van der Waals surface area contributed by atoms with E-state index < -0.39 is 0 Å². The number of rotatable bonds is 6. The highest BCUT2D eigenvalue weighted by Gasteiger charge is 2.08. The zero-order chi connectivity index (χ0) is 16.3. The molecule has 0 saturated heterocycles. The molecule has 0 spiro atoms. The summed E-state index contributed by atoms with van der Waals surface area (Å²) in [5, 5.41) is 0.718. The van der Waals surface area contributed by atoms with E-state index in [1.165, 1.54) is 28.9 Å². The average Bonchev–Trinajstić information content (AvgIpc) is 2.52. The molecule has 0 saturated carbocycles. The van der Waals surface area contributed by atoms with E-state index >= 15 is 0 Å². The van der Waals surface area contributed by atoms with Crippen LogP contribution in [0.15, 0.2) is 48.7 Å². The first-order valence-corrected chi connectivity index (χ1v) is 7.51. The van der Waals surface area contributed by atoms with Crippen molar-refractivity contribution in [2.75, 3.05) is 19.8 Å². The minimum Gasteiger partial charge on any atom is -0.345 e. The fraction of sp³-hybridized carbons (Fsp3) is 0.312. The van der Waals surface area contributed by atoms with E-state index in [4.69, 9.17) is 0 Å². The predicted molar refractivity (Wildman–Crippen MR) is 88.7 cm³/mol. The van der Waals surface area contributed by atoms with Gasteiger partial charge in [-0.05, 0) is 24.6 Å². The van der Waals surface area contributed by atoms with Gasteiger partial charge in [-0.15, -0.1) is 6.58 Å². The van der Waals surface area contributed by atoms with Gasteiger partial charge in [0.1, 0.15) is 0 Å². The lowest BCUT2D eigenvalue weighted by molar-refractivity contribution is -0.112. The van der Waals surface area contributed by atoms with Crippen LogP contribution in [0.1, 0.15) is 23.7 Å². The number of carbonyl (C=O) groups excluding carboxylic acids is 2. The van der Waals surface area contributed by atoms with Crippen LogP contribution in [0.4, 0.5) is 0 Å². The number of aromatic nitrogens is 1. The van der Waals surface area contributed by atoms with Crippen LogP contribution in [0.3, 0.4) is 0 Å². The largest absolute Gasteiger partial charge is 0.345 e. The molecule has 1 aromatic rings. The van der Waals surface area contributed by atoms with E-state index in [-0.39, 0.29) is 11.7 Å². The number of nitrogens with zero attached hydrogens (tertiary/aromatic N) is 2. The molecule has 0 fully saturated rings. The van der Waals surface area contributed by atoms with Crippen LogP contribution in [-0.4, -0.2) is 41.4 Å². The van der Waals surface area contributed by atoms with Gasteiger partial charge in [-0.3, -0.25) is 9.59 Å². The topological polar surface area (TPSA) is 50.3 Å². The minimum atomic E-state index is -0.0868. The molecule has 0 unspecified atom stereocenters. The summed E-state index contributed by atoms with van der Waals surface area (Å²) in [4.78, 5) is 28.2. The van der Waals surface area contributed by atoms with Gasteiger partial charge < -0.3 is 4.90 Å². The molecule has 21 heavy (non-hydrogen) atoms. The normalized spacial score (nSPS) is 9.10. The van der Waals surface area contributed by atoms with Gasteiger partial charge in [-0.2, -0.15) is 0 Å². The van der Waals surface area contributed by atoms with Crippen molar-refractivity contribution >= 4 is 23.5 Å². The van der Waals surface area contributed by atoms with Crippen LogP contribution in [0.2, 0.25) is 0 Å². The van der Waals surface area contributed by atoms with Gasteiger partial charge in [-0.25, -0.2) is 4.98 Å². The standard InChI is InChI=1S/C12H14N2O2S.C4H8/c1-4-10(15)8-17-11-6-5-9(7-13-11)12(16)14(2)3;1-3-4-2/h4-7H,1,8H2,2-3H3;3H,1,4H2,2H3. The third-order valence-corrected chi connectivity index (χ3v) is 3.23. The zero-order valence-electron chi connectivity index (χ0n) is 12.8. The van der Waals surface area contributed by atoms with Crippen LogP contribution >= 0.6 is 11.8 Å². The molecule has 0 aliphatic heterocycles. The monoisotopic (exact) mass is 306 g/mol. The van der Waals surface area contributed by atoms with Gasteiger partial charge in [0.15, 0.2) is 5.78 Å². The van der Waals surface area contributed by atoms with Crippen molar-refractivity contribution in [3.05, 3.63) is 49.2 Å². The molecule has 0 radical (unpaired) electrons. The second-order valence-electron chi connectivity index (χ2n) is 4.24. The summed E-state index contributed by atoms with van der Waals surface area (Å²) in [5.41, 5.74) is 0.536. The molecule has 0 aliphatic carbocycles. The quantitative estimate of drug-likeness (QED) is 0.460. The highest BCUT2D eigenvalue weighted by molar-refractivity contribution is 7.99. The maximum atomic E-state index is 11.6. The van der Waals surface area contributed by atoms with Crippen LogP contribution in [0, 0.1) is 0 Å². The summed E-state index contributed by atoms with van der Waals surface area (Å²) in [6.07, 6.45) is 5.76. The Hall–Kier alpha value is -1.88. The number of allylic oxidation sites excluding steroid dienone is 2. The Morgan fingerprint density at radius 2 is 1.95 bits per heavy atom. The molecular weight excluding hydrogens is 284 g/mol. The summed E-state index contributed by atoms with van der Waals surface area (Å²) in [6.45, 7) is 8.94. The van der Waals surface area contributed by atoms with Gasteiger partial charge in [0.05, 0.1) is 16.3 Å². The second kappa shape index (κ2) is 10.9. The Balaban J connectivity index is 0.000000885. The zero-order valence-corrected chi connectivity index (χ0v) is 13.7. The van der Waals surface area contributed by atoms with Gasteiger partial charge in [0.2, 0.25) is 0 Å². The van der Waals surface area contributed by atoms with Crippen molar-refractivity contribution in [2.24, 2.45) is 0 Å². The fourth-order valence-corrected chi connectivity index (χ4v) is 1.75. The van der Waals surface area contributed by atoms with Gasteiger partial charge in [-0.1, -0.05) is 31.3 Å². The lowest BCUT2D eigenvalue weighted by atomic mass is 10.2. The summed E-state index contributed by atoms with van der Waals surface area (Å²) in [7, 11) is 3.38. The molecule has 1 rings (SSSR count). The third-order valence-electron chi connectivity index (χ3n) is 2.27. The molecule has 114 valence electrons. The first-order chi connectivity index (χ1) is 9.96. The molecule has 0 atom stereocenters. The Kier molecular flexibility index (Phi) is 9.88. The molecule has 1 aromatic heterocycles. The molecule has 0 bridgehead atoms. The Morgan fingerprint density at radius 3 is 2.33 bits per heavy atom. The lowest BCUT2D eigenvalue weighted by Crippen LogP contribution is -2.21. The number of thioether (sulfide) groups is 1. The van der Waals surface area contributed by atoms with Crippen LogP contribution in [-0.2, 0) is 4.79 Å². The Bertz CT molecular complexity index is 482. The SMILES string of the molecule is C=CC(=O)CSc1ccc(C(=O)N(C)C)cn1.C=CCC. The average molecular weight is 306 g/mol. The van der Waals surface area contributed by atoms with Crippen molar-refractivity contribution in [3.63, 3.8) is 0 Å². The van der Waals surface area contributed by atoms with Crippen LogP contribution in [0.25, 0.3) is 0 Å². The number of hydrogen-bond donors (Lipinski definition) is 0. The number of ketones is 1. The van der Waals surface area contributed by atoms with Gasteiger partial charge in [0.25, 0.3) is 5.91 Å². The van der Waals surface area contributed by atoms with Gasteiger partial charge >= 0.3 is 0 Å². The summed E-state index contributed by atoms with van der Waals surface area (Å²) >= 11 is 1.33. The summed E-state index contributed by atoms with van der Waals surface area (Å²) in [5.74, 6) is 0.193. The first kappa shape index (κ1) is 19.1. The van der Waals surface area contributed by atoms with E-state index in [9.17, 15) is 9.59 Å². The number of pyridine rings is 1. The molecule has 1 amide bonds. The minimum absolute atomic E-state index is 0.0368. The molecule has 0 aromatic carbocycles. The maximum Gasteiger partial charge on any atom is 0.254 e. The van der Waals surface area contributed by atoms with Crippen molar-refractivity contribution < 1.29 is 9.59 Å². The van der Waals surface area contributed by atoms with E-state index in [1.807, 2.05) is 6.08 Å². The smallest absolute Gasteiger partial charge is 0.254 e. The lowest BCUT2D eigenvalue weighted by Gasteiger charge is -2.09. The molecule has 0 aliphatic rings. The maximum absolute atomic E-state index is 11.6. The van der Waals surface area contributed by atoms with E-state index in [0.29, 0.717) is 11.3 Å². The highest BCUT2D eigenvalue weighted by Crippen LogP contribution is 2.15. The fourth-order valence-electron chi connectivity index (χ4n) is 1.05. The predicted octanol–water partition coefficient (Wildman–Crippen LogP) is 3.21. The van der Waals surface area contributed by atoms with Gasteiger partial charge in [0, 0.05) is 20.3 Å².